The third-order valence-corrected chi connectivity index (χ3v) is 7.80. The number of thiol groups is 2. The van der Waals surface area contributed by atoms with Gasteiger partial charge < -0.3 is 0 Å². The zero-order valence-corrected chi connectivity index (χ0v) is 25.0. The zero-order valence-electron chi connectivity index (χ0n) is 22.4. The Labute approximate surface area is 229 Å². The largest absolute Gasteiger partial charge is 0.389 e. The van der Waals surface area contributed by atoms with Crippen LogP contribution in [-0.4, -0.2) is 12.8 Å². The first kappa shape index (κ1) is 35.8. The molecule has 7 heteroatoms. The molecule has 0 aliphatic rings. The molecule has 35 heavy (non-hydrogen) atoms. The predicted molar refractivity (Wildman–Crippen MR) is 157 cm³/mol. The van der Waals surface area contributed by atoms with Crippen molar-refractivity contribution in [2.75, 3.05) is 6.61 Å². The molecule has 0 bridgehead atoms. The van der Waals surface area contributed by atoms with E-state index in [1.54, 1.807) is 0 Å². The van der Waals surface area contributed by atoms with Gasteiger partial charge in [0.2, 0.25) is 0 Å². The summed E-state index contributed by atoms with van der Waals surface area (Å²) in [4.78, 5) is 0. The molecule has 0 saturated carbocycles. The van der Waals surface area contributed by atoms with Crippen molar-refractivity contribution in [1.29, 1.82) is 0 Å². The first-order valence-corrected chi connectivity index (χ1v) is 18.0. The fourth-order valence-corrected chi connectivity index (χ4v) is 5.34. The monoisotopic (exact) mass is 561 g/mol. The Morgan fingerprint density at radius 3 is 0.857 bits per heavy atom. The van der Waals surface area contributed by atoms with Crippen LogP contribution in [-0.2, 0) is 13.4 Å². The van der Waals surface area contributed by atoms with E-state index in [1.165, 1.54) is 128 Å². The molecule has 0 aromatic carbocycles. The van der Waals surface area contributed by atoms with E-state index >= 15 is 0 Å². The van der Waals surface area contributed by atoms with Crippen LogP contribution in [0, 0.1) is 0 Å². The lowest BCUT2D eigenvalue weighted by molar-refractivity contribution is -0.135. The maximum atomic E-state index is 12.1. The Morgan fingerprint density at radius 1 is 0.400 bits per heavy atom. The van der Waals surface area contributed by atoms with Crippen molar-refractivity contribution in [1.82, 2.24) is 0 Å². The molecule has 0 unspecified atom stereocenters. The summed E-state index contributed by atoms with van der Waals surface area (Å²) in [7, 11) is -0.469. The van der Waals surface area contributed by atoms with Crippen LogP contribution in [0.25, 0.3) is 0 Å². The van der Waals surface area contributed by atoms with Crippen molar-refractivity contribution in [2.45, 2.75) is 173 Å². The fraction of sp³-hybridized carbons (Fsp3) is 1.00. The summed E-state index contributed by atoms with van der Waals surface area (Å²) >= 11 is 8.22. The van der Waals surface area contributed by atoms with E-state index < -0.39 is 21.8 Å². The summed E-state index contributed by atoms with van der Waals surface area (Å²) in [5.74, 6) is 0. The molecule has 212 valence electrons. The van der Waals surface area contributed by atoms with Gasteiger partial charge in [-0.15, -0.1) is 4.18 Å². The lowest BCUT2D eigenvalue weighted by atomic mass is 10.0. The molecule has 0 aliphatic heterocycles. The van der Waals surface area contributed by atoms with Crippen molar-refractivity contribution in [3.63, 3.8) is 0 Å². The maximum Gasteiger partial charge on any atom is 0.389 e. The number of alkyl halides is 3. The molecule has 0 aliphatic carbocycles. The van der Waals surface area contributed by atoms with Gasteiger partial charge in [-0.3, -0.25) is 0 Å². The van der Waals surface area contributed by atoms with E-state index in [9.17, 15) is 13.2 Å². The van der Waals surface area contributed by atoms with Crippen LogP contribution < -0.4 is 0 Å². The SMILES string of the molecule is FC(F)(F)CCCCCCCCCCCCCCCCCCCCCCCCCCCO[S+](S)S. The van der Waals surface area contributed by atoms with E-state index in [-0.39, 0.29) is 0 Å². The standard InChI is InChI=1S/C28H56F3OS3/c29-28(30,31)26-24-22-20-18-16-14-12-10-8-6-4-2-1-3-5-7-9-11-13-15-17-19-21-23-25-27-32-35(33)34/h33-34H,1-27H2/q+1. The topological polar surface area (TPSA) is 9.23 Å². The highest BCUT2D eigenvalue weighted by Gasteiger charge is 2.25. The van der Waals surface area contributed by atoms with Crippen molar-refractivity contribution in [3.8, 4) is 0 Å². The normalized spacial score (nSPS) is 12.2. The van der Waals surface area contributed by atoms with E-state index in [4.69, 9.17) is 4.18 Å². The van der Waals surface area contributed by atoms with Gasteiger partial charge in [-0.25, -0.2) is 0 Å². The molecule has 1 nitrogen and oxygen atoms in total. The highest BCUT2D eigenvalue weighted by atomic mass is 33.5. The van der Waals surface area contributed by atoms with Crippen LogP contribution in [0.2, 0.25) is 0 Å². The van der Waals surface area contributed by atoms with Gasteiger partial charge in [-0.1, -0.05) is 148 Å². The highest BCUT2D eigenvalue weighted by Crippen LogP contribution is 2.23. The predicted octanol–water partition coefficient (Wildman–Crippen LogP) is 11.9. The second-order valence-electron chi connectivity index (χ2n) is 10.3. The van der Waals surface area contributed by atoms with Gasteiger partial charge >= 0.3 is 6.18 Å². The van der Waals surface area contributed by atoms with Crippen LogP contribution in [0.15, 0.2) is 0 Å². The van der Waals surface area contributed by atoms with Gasteiger partial charge in [0.1, 0.15) is 29.9 Å². The number of hydrogen-bond acceptors (Lipinski definition) is 3. The third-order valence-electron chi connectivity index (χ3n) is 6.79. The van der Waals surface area contributed by atoms with Gasteiger partial charge in [0, 0.05) is 6.42 Å². The van der Waals surface area contributed by atoms with Gasteiger partial charge in [0.05, 0.1) is 0 Å². The Hall–Kier alpha value is 0.800. The molecule has 0 spiro atoms. The van der Waals surface area contributed by atoms with Crippen LogP contribution in [0.5, 0.6) is 0 Å². The summed E-state index contributed by atoms with van der Waals surface area (Å²) in [6.45, 7) is 0.793. The number of hydrogen-bond donors (Lipinski definition) is 2. The van der Waals surface area contributed by atoms with Crippen molar-refractivity contribution in [2.24, 2.45) is 0 Å². The maximum absolute atomic E-state index is 12.1. The fourth-order valence-electron chi connectivity index (χ4n) is 4.63. The van der Waals surface area contributed by atoms with Crippen LogP contribution in [0.3, 0.4) is 0 Å². The number of unbranched alkanes of at least 4 members (excludes halogenated alkanes) is 24. The molecular formula is C28H56F3OS3+. The second kappa shape index (κ2) is 27.8. The van der Waals surface area contributed by atoms with Crippen molar-refractivity contribution < 1.29 is 17.4 Å². The highest BCUT2D eigenvalue weighted by molar-refractivity contribution is 8.96. The molecule has 0 heterocycles. The minimum Gasteiger partial charge on any atom is -0.171 e. The average molecular weight is 562 g/mol. The Kier molecular flexibility index (Phi) is 28.5. The van der Waals surface area contributed by atoms with Crippen molar-refractivity contribution >= 4 is 32.6 Å². The molecule has 0 radical (unpaired) electrons. The zero-order chi connectivity index (χ0) is 25.9. The molecule has 0 saturated heterocycles. The van der Waals surface area contributed by atoms with E-state index in [0.717, 1.165) is 32.3 Å². The lowest BCUT2D eigenvalue weighted by Crippen LogP contribution is -2.06. The van der Waals surface area contributed by atoms with E-state index in [1.807, 2.05) is 0 Å². The average Bonchev–Trinajstić information content (AvgIpc) is 2.80. The molecule has 0 fully saturated rings. The quantitative estimate of drug-likeness (QED) is 0.0418. The Morgan fingerprint density at radius 2 is 0.629 bits per heavy atom. The van der Waals surface area contributed by atoms with Crippen LogP contribution in [0.1, 0.15) is 167 Å². The molecule has 0 N–H and O–H groups in total. The minimum atomic E-state index is -3.97. The van der Waals surface area contributed by atoms with Gasteiger partial charge in [0.25, 0.3) is 9.24 Å². The molecule has 0 atom stereocenters. The summed E-state index contributed by atoms with van der Waals surface area (Å²) < 4.78 is 41.5. The number of halogens is 3. The van der Waals surface area contributed by atoms with Crippen molar-refractivity contribution in [3.05, 3.63) is 0 Å². The van der Waals surface area contributed by atoms with E-state index in [2.05, 4.69) is 23.3 Å². The molecule has 0 rings (SSSR count). The van der Waals surface area contributed by atoms with Crippen LogP contribution >= 0.6 is 23.3 Å². The lowest BCUT2D eigenvalue weighted by Gasteiger charge is -2.06. The summed E-state index contributed by atoms with van der Waals surface area (Å²) in [5.41, 5.74) is 0. The Balaban J connectivity index is 3.04. The molecular weight excluding hydrogens is 506 g/mol. The minimum absolute atomic E-state index is 0.303. The molecule has 0 aromatic rings. The van der Waals surface area contributed by atoms with Gasteiger partial charge in [-0.05, 0) is 12.8 Å². The first-order chi connectivity index (χ1) is 16.9. The molecule has 0 aromatic heterocycles. The number of rotatable bonds is 28. The summed E-state index contributed by atoms with van der Waals surface area (Å²) in [6, 6.07) is 0. The summed E-state index contributed by atoms with van der Waals surface area (Å²) in [5, 5.41) is 0. The van der Waals surface area contributed by atoms with Gasteiger partial charge in [-0.2, -0.15) is 13.2 Å². The first-order valence-electron chi connectivity index (χ1n) is 14.7. The van der Waals surface area contributed by atoms with Gasteiger partial charge in [0.15, 0.2) is 0 Å². The summed E-state index contributed by atoms with van der Waals surface area (Å²) in [6.07, 6.45) is 26.9. The third kappa shape index (κ3) is 34.8. The molecule has 0 amide bonds. The van der Waals surface area contributed by atoms with Crippen LogP contribution in [0.4, 0.5) is 13.2 Å². The second-order valence-corrected chi connectivity index (χ2v) is 13.8. The van der Waals surface area contributed by atoms with E-state index in [0.29, 0.717) is 6.42 Å². The Bertz CT molecular complexity index is 409. The smallest absolute Gasteiger partial charge is 0.171 e.